The molecule has 1 aromatic rings. The van der Waals surface area contributed by atoms with E-state index in [1.165, 1.54) is 13.0 Å². The van der Waals surface area contributed by atoms with E-state index in [1.807, 2.05) is 0 Å². The lowest BCUT2D eigenvalue weighted by Crippen LogP contribution is -1.94. The first-order valence-electron chi connectivity index (χ1n) is 3.25. The van der Waals surface area contributed by atoms with Gasteiger partial charge in [-0.1, -0.05) is 0 Å². The summed E-state index contributed by atoms with van der Waals surface area (Å²) in [6.07, 6.45) is 0. The third-order valence-electron chi connectivity index (χ3n) is 1.61. The smallest absolute Gasteiger partial charge is 0.216 e. The topological polar surface area (TPSA) is 37.3 Å². The molecule has 0 aliphatic heterocycles. The van der Waals surface area contributed by atoms with Gasteiger partial charge in [-0.3, -0.25) is 4.79 Å². The van der Waals surface area contributed by atoms with E-state index in [9.17, 15) is 9.18 Å². The second kappa shape index (κ2) is 3.15. The molecule has 0 fully saturated rings. The average Bonchev–Trinajstić information content (AvgIpc) is 2.00. The zero-order valence-electron chi connectivity index (χ0n) is 6.34. The summed E-state index contributed by atoms with van der Waals surface area (Å²) >= 11 is 3.57. The van der Waals surface area contributed by atoms with Crippen LogP contribution < -0.4 is 0 Å². The maximum absolute atomic E-state index is 12.6. The monoisotopic (exact) mass is 186 g/mol. The molecule has 12 heavy (non-hydrogen) atoms. The molecule has 4 heteroatoms. The first-order valence-corrected chi connectivity index (χ1v) is 3.70. The van der Waals surface area contributed by atoms with Crippen molar-refractivity contribution in [1.82, 2.24) is 0 Å². The summed E-state index contributed by atoms with van der Waals surface area (Å²) in [5.74, 6) is -1.22. The van der Waals surface area contributed by atoms with Crippen LogP contribution in [0.3, 0.4) is 0 Å². The van der Waals surface area contributed by atoms with Crippen molar-refractivity contribution in [3.8, 4) is 5.75 Å². The number of halogens is 1. The first-order chi connectivity index (χ1) is 5.54. The molecule has 1 N–H and O–H groups in total. The van der Waals surface area contributed by atoms with Gasteiger partial charge in [0.1, 0.15) is 0 Å². The molecular formula is C8H7FO2S. The van der Waals surface area contributed by atoms with Gasteiger partial charge in [0.05, 0.1) is 0 Å². The molecule has 64 valence electrons. The van der Waals surface area contributed by atoms with E-state index in [-0.39, 0.29) is 11.1 Å². The standard InChI is InChI=1S/C8H7FO2S/c1-4-5(8(11)12)2-3-6(9)7(4)10/h2-3,10H,1H3,(H,11,12). The Morgan fingerprint density at radius 2 is 2.17 bits per heavy atom. The van der Waals surface area contributed by atoms with Gasteiger partial charge in [0.25, 0.3) is 0 Å². The Morgan fingerprint density at radius 3 is 2.67 bits per heavy atom. The highest BCUT2D eigenvalue weighted by Crippen LogP contribution is 2.24. The lowest BCUT2D eigenvalue weighted by Gasteiger charge is -2.03. The lowest BCUT2D eigenvalue weighted by molar-refractivity contribution is 0.109. The molecule has 0 bridgehead atoms. The summed E-state index contributed by atoms with van der Waals surface area (Å²) in [4.78, 5) is 10.8. The van der Waals surface area contributed by atoms with Crippen LogP contribution in [-0.4, -0.2) is 10.2 Å². The lowest BCUT2D eigenvalue weighted by atomic mass is 10.1. The minimum Gasteiger partial charge on any atom is -0.505 e. The highest BCUT2D eigenvalue weighted by Gasteiger charge is 2.11. The number of rotatable bonds is 1. The van der Waals surface area contributed by atoms with E-state index in [0.29, 0.717) is 0 Å². The highest BCUT2D eigenvalue weighted by atomic mass is 32.1. The van der Waals surface area contributed by atoms with E-state index in [4.69, 9.17) is 5.11 Å². The molecule has 1 rings (SSSR count). The normalized spacial score (nSPS) is 9.92. The van der Waals surface area contributed by atoms with Gasteiger partial charge in [-0.05, 0) is 19.1 Å². The summed E-state index contributed by atoms with van der Waals surface area (Å²) in [5, 5.41) is 8.59. The molecule has 0 saturated heterocycles. The largest absolute Gasteiger partial charge is 0.505 e. The number of thiol groups is 1. The summed E-state index contributed by atoms with van der Waals surface area (Å²) in [6.45, 7) is 1.46. The summed E-state index contributed by atoms with van der Waals surface area (Å²) < 4.78 is 12.6. The molecular weight excluding hydrogens is 179 g/mol. The van der Waals surface area contributed by atoms with Crippen molar-refractivity contribution < 1.29 is 14.3 Å². The molecule has 0 aliphatic rings. The molecule has 0 aromatic heterocycles. The number of hydrogen-bond donors (Lipinski definition) is 2. The molecule has 0 saturated carbocycles. The number of phenolic OH excluding ortho intramolecular Hbond substituents is 1. The molecule has 0 atom stereocenters. The Balaban J connectivity index is 3.36. The molecule has 0 radical (unpaired) electrons. The van der Waals surface area contributed by atoms with Crippen molar-refractivity contribution in [2.24, 2.45) is 0 Å². The predicted molar refractivity (Wildman–Crippen MR) is 46.1 cm³/mol. The number of benzene rings is 1. The van der Waals surface area contributed by atoms with Crippen LogP contribution in [0.1, 0.15) is 15.9 Å². The van der Waals surface area contributed by atoms with Crippen LogP contribution in [0.15, 0.2) is 12.1 Å². The van der Waals surface area contributed by atoms with Crippen LogP contribution in [-0.2, 0) is 0 Å². The van der Waals surface area contributed by atoms with Crippen LogP contribution in [0.4, 0.5) is 4.39 Å². The second-order valence-electron chi connectivity index (χ2n) is 2.37. The van der Waals surface area contributed by atoms with Crippen molar-refractivity contribution >= 4 is 17.7 Å². The number of phenols is 1. The third-order valence-corrected chi connectivity index (χ3v) is 1.85. The molecule has 0 amide bonds. The van der Waals surface area contributed by atoms with Gasteiger partial charge in [0, 0.05) is 11.1 Å². The van der Waals surface area contributed by atoms with Crippen molar-refractivity contribution in [2.45, 2.75) is 6.92 Å². The highest BCUT2D eigenvalue weighted by molar-refractivity contribution is 7.97. The number of carbonyl (C=O) groups is 1. The van der Waals surface area contributed by atoms with Crippen LogP contribution in [0.5, 0.6) is 5.75 Å². The third kappa shape index (κ3) is 1.43. The van der Waals surface area contributed by atoms with E-state index in [1.54, 1.807) is 0 Å². The Bertz CT molecular complexity index is 336. The fourth-order valence-electron chi connectivity index (χ4n) is 0.899. The zero-order chi connectivity index (χ0) is 9.30. The Kier molecular flexibility index (Phi) is 2.38. The van der Waals surface area contributed by atoms with Gasteiger partial charge in [0.2, 0.25) is 5.12 Å². The van der Waals surface area contributed by atoms with Crippen LogP contribution >= 0.6 is 12.6 Å². The van der Waals surface area contributed by atoms with E-state index >= 15 is 0 Å². The first kappa shape index (κ1) is 9.06. The molecule has 0 spiro atoms. The number of aromatic hydroxyl groups is 1. The van der Waals surface area contributed by atoms with E-state index < -0.39 is 16.7 Å². The molecule has 2 nitrogen and oxygen atoms in total. The van der Waals surface area contributed by atoms with Crippen molar-refractivity contribution in [2.75, 3.05) is 0 Å². The maximum atomic E-state index is 12.6. The zero-order valence-corrected chi connectivity index (χ0v) is 7.23. The summed E-state index contributed by atoms with van der Waals surface area (Å²) in [6, 6.07) is 2.32. The summed E-state index contributed by atoms with van der Waals surface area (Å²) in [5.41, 5.74) is 0.437. The van der Waals surface area contributed by atoms with Gasteiger partial charge >= 0.3 is 0 Å². The fourth-order valence-corrected chi connectivity index (χ4v) is 1.14. The van der Waals surface area contributed by atoms with Crippen molar-refractivity contribution in [3.63, 3.8) is 0 Å². The van der Waals surface area contributed by atoms with Crippen molar-refractivity contribution in [1.29, 1.82) is 0 Å². The Morgan fingerprint density at radius 1 is 1.58 bits per heavy atom. The Labute approximate surface area is 74.4 Å². The minimum atomic E-state index is -0.731. The maximum Gasteiger partial charge on any atom is 0.216 e. The summed E-state index contributed by atoms with van der Waals surface area (Å²) in [7, 11) is 0. The fraction of sp³-hybridized carbons (Fsp3) is 0.125. The van der Waals surface area contributed by atoms with Crippen LogP contribution in [0, 0.1) is 12.7 Å². The predicted octanol–water partition coefficient (Wildman–Crippen LogP) is 1.91. The van der Waals surface area contributed by atoms with Gasteiger partial charge in [-0.25, -0.2) is 4.39 Å². The minimum absolute atomic E-state index is 0.218. The van der Waals surface area contributed by atoms with Crippen LogP contribution in [0.2, 0.25) is 0 Å². The SMILES string of the molecule is Cc1c(C(=O)S)ccc(F)c1O. The van der Waals surface area contributed by atoms with Gasteiger partial charge in [-0.15, -0.1) is 12.6 Å². The average molecular weight is 186 g/mol. The number of carbonyl (C=O) groups excluding carboxylic acids is 1. The van der Waals surface area contributed by atoms with E-state index in [0.717, 1.165) is 6.07 Å². The second-order valence-corrected chi connectivity index (χ2v) is 2.78. The van der Waals surface area contributed by atoms with Crippen molar-refractivity contribution in [3.05, 3.63) is 29.1 Å². The van der Waals surface area contributed by atoms with Gasteiger partial charge in [-0.2, -0.15) is 0 Å². The molecule has 0 heterocycles. The quantitative estimate of drug-likeness (QED) is 0.657. The molecule has 0 unspecified atom stereocenters. The van der Waals surface area contributed by atoms with Crippen LogP contribution in [0.25, 0.3) is 0 Å². The van der Waals surface area contributed by atoms with E-state index in [2.05, 4.69) is 12.6 Å². The molecule has 0 aliphatic carbocycles. The Hall–Kier alpha value is -1.03. The van der Waals surface area contributed by atoms with Gasteiger partial charge in [0.15, 0.2) is 11.6 Å². The number of hydrogen-bond acceptors (Lipinski definition) is 2. The molecule has 1 aromatic carbocycles. The van der Waals surface area contributed by atoms with Gasteiger partial charge < -0.3 is 5.11 Å².